The van der Waals surface area contributed by atoms with E-state index in [0.29, 0.717) is 26.3 Å². The Kier molecular flexibility index (Phi) is 7.26. The summed E-state index contributed by atoms with van der Waals surface area (Å²) in [5.41, 5.74) is 2.56. The third kappa shape index (κ3) is 5.22. The number of morpholine rings is 1. The maximum absolute atomic E-state index is 13.0. The van der Waals surface area contributed by atoms with Crippen molar-refractivity contribution in [2.24, 2.45) is 0 Å². The minimum Gasteiger partial charge on any atom is -0.385 e. The topological polar surface area (TPSA) is 66.9 Å². The number of methoxy groups -OCH3 is 1. The van der Waals surface area contributed by atoms with Gasteiger partial charge in [0.15, 0.2) is 0 Å². The summed E-state index contributed by atoms with van der Waals surface area (Å²) < 4.78 is 10.8. The highest BCUT2D eigenvalue weighted by atomic mass is 16.5. The van der Waals surface area contributed by atoms with Gasteiger partial charge >= 0.3 is 0 Å². The molecule has 1 aliphatic heterocycles. The van der Waals surface area contributed by atoms with Crippen LogP contribution in [0, 0.1) is 12.3 Å². The van der Waals surface area contributed by atoms with E-state index in [1.165, 1.54) is 0 Å². The second-order valence-corrected chi connectivity index (χ2v) is 7.37. The normalized spacial score (nSPS) is 19.1. The van der Waals surface area contributed by atoms with Crippen molar-refractivity contribution >= 4 is 11.6 Å². The SMILES string of the molecule is C#Cc1cnc(CN(C(=O)[C@H]2CNCCO2)C2CC2)cc1N(C)CCCOC. The first-order valence-corrected chi connectivity index (χ1v) is 9.92. The molecule has 3 rings (SSSR count). The number of carbonyl (C=O) groups excluding carboxylic acids is 1. The zero-order chi connectivity index (χ0) is 19.9. The van der Waals surface area contributed by atoms with Crippen molar-refractivity contribution in [2.75, 3.05) is 51.9 Å². The van der Waals surface area contributed by atoms with E-state index in [-0.39, 0.29) is 11.9 Å². The molecule has 0 unspecified atom stereocenters. The number of anilines is 1. The molecule has 1 saturated carbocycles. The Hall–Kier alpha value is -2.14. The minimum atomic E-state index is -0.407. The summed E-state index contributed by atoms with van der Waals surface area (Å²) in [6.45, 7) is 3.94. The zero-order valence-electron chi connectivity index (χ0n) is 16.8. The van der Waals surface area contributed by atoms with Crippen LogP contribution in [0.3, 0.4) is 0 Å². The van der Waals surface area contributed by atoms with Crippen LogP contribution in [0.4, 0.5) is 5.69 Å². The summed E-state index contributed by atoms with van der Waals surface area (Å²) in [4.78, 5) is 21.5. The molecule has 1 aliphatic carbocycles. The van der Waals surface area contributed by atoms with Crippen LogP contribution in [-0.4, -0.2) is 74.9 Å². The van der Waals surface area contributed by atoms with Gasteiger partial charge in [0.05, 0.1) is 30.1 Å². The van der Waals surface area contributed by atoms with Gasteiger partial charge in [-0.15, -0.1) is 6.42 Å². The van der Waals surface area contributed by atoms with Gasteiger partial charge in [-0.3, -0.25) is 9.78 Å². The number of aromatic nitrogens is 1. The van der Waals surface area contributed by atoms with E-state index in [1.807, 2.05) is 18.0 Å². The van der Waals surface area contributed by atoms with Crippen molar-refractivity contribution in [3.8, 4) is 12.3 Å². The molecule has 2 heterocycles. The number of hydrogen-bond acceptors (Lipinski definition) is 6. The summed E-state index contributed by atoms with van der Waals surface area (Å²) >= 11 is 0. The minimum absolute atomic E-state index is 0.0486. The Labute approximate surface area is 167 Å². The lowest BCUT2D eigenvalue weighted by Gasteiger charge is -2.30. The van der Waals surface area contributed by atoms with E-state index in [4.69, 9.17) is 15.9 Å². The molecule has 7 nitrogen and oxygen atoms in total. The summed E-state index contributed by atoms with van der Waals surface area (Å²) in [7, 11) is 3.72. The molecule has 0 spiro atoms. The first kappa shape index (κ1) is 20.6. The molecule has 2 aliphatic rings. The fourth-order valence-corrected chi connectivity index (χ4v) is 3.42. The quantitative estimate of drug-likeness (QED) is 0.505. The molecular formula is C21H30N4O3. The zero-order valence-corrected chi connectivity index (χ0v) is 16.8. The highest BCUT2D eigenvalue weighted by molar-refractivity contribution is 5.82. The van der Waals surface area contributed by atoms with Crippen molar-refractivity contribution in [3.05, 3.63) is 23.5 Å². The predicted octanol–water partition coefficient (Wildman–Crippen LogP) is 1.02. The van der Waals surface area contributed by atoms with Crippen LogP contribution in [-0.2, 0) is 20.8 Å². The molecule has 0 radical (unpaired) electrons. The number of terminal acetylenes is 1. The highest BCUT2D eigenvalue weighted by Crippen LogP contribution is 2.30. The summed E-state index contributed by atoms with van der Waals surface area (Å²) in [5, 5.41) is 3.23. The van der Waals surface area contributed by atoms with Crippen molar-refractivity contribution < 1.29 is 14.3 Å². The van der Waals surface area contributed by atoms with Crippen molar-refractivity contribution in [1.29, 1.82) is 0 Å². The van der Waals surface area contributed by atoms with E-state index in [1.54, 1.807) is 13.3 Å². The van der Waals surface area contributed by atoms with Crippen LogP contribution >= 0.6 is 0 Å². The maximum atomic E-state index is 13.0. The molecule has 1 saturated heterocycles. The van der Waals surface area contributed by atoms with Crippen molar-refractivity contribution in [3.63, 3.8) is 0 Å². The van der Waals surface area contributed by atoms with Gasteiger partial charge in [0.2, 0.25) is 0 Å². The Morgan fingerprint density at radius 2 is 2.32 bits per heavy atom. The molecular weight excluding hydrogens is 356 g/mol. The second-order valence-electron chi connectivity index (χ2n) is 7.37. The number of nitrogens with one attached hydrogen (secondary N) is 1. The van der Waals surface area contributed by atoms with E-state index < -0.39 is 6.10 Å². The predicted molar refractivity (Wildman–Crippen MR) is 108 cm³/mol. The molecule has 2 fully saturated rings. The smallest absolute Gasteiger partial charge is 0.253 e. The van der Waals surface area contributed by atoms with Crippen LogP contribution in [0.2, 0.25) is 0 Å². The van der Waals surface area contributed by atoms with Gasteiger partial charge in [0.1, 0.15) is 6.10 Å². The first-order chi connectivity index (χ1) is 13.6. The fraction of sp³-hybridized carbons (Fsp3) is 0.619. The summed E-state index contributed by atoms with van der Waals surface area (Å²) in [6, 6.07) is 2.29. The molecule has 1 atom stereocenters. The van der Waals surface area contributed by atoms with Crippen LogP contribution in [0.1, 0.15) is 30.5 Å². The Bertz CT molecular complexity index is 708. The Balaban J connectivity index is 1.73. The van der Waals surface area contributed by atoms with Gasteiger partial charge in [0, 0.05) is 52.6 Å². The summed E-state index contributed by atoms with van der Waals surface area (Å²) in [6.07, 6.45) is 9.98. The number of rotatable bonds is 9. The Morgan fingerprint density at radius 3 is 2.96 bits per heavy atom. The van der Waals surface area contributed by atoms with Gasteiger partial charge in [-0.25, -0.2) is 0 Å². The van der Waals surface area contributed by atoms with Crippen LogP contribution < -0.4 is 10.2 Å². The molecule has 1 aromatic rings. The molecule has 152 valence electrons. The number of nitrogens with zero attached hydrogens (tertiary/aromatic N) is 3. The Morgan fingerprint density at radius 1 is 1.50 bits per heavy atom. The third-order valence-electron chi connectivity index (χ3n) is 5.15. The number of amides is 1. The molecule has 7 heteroatoms. The standard InChI is InChI=1S/C21H30N4O3/c1-4-16-13-23-17(12-19(16)24(2)9-5-10-27-3)15-25(18-6-7-18)21(26)20-14-22-8-11-28-20/h1,12-13,18,20,22H,5-11,14-15H2,2-3H3/t20-/m1/s1. The molecule has 1 aromatic heterocycles. The lowest BCUT2D eigenvalue weighted by molar-refractivity contribution is -0.146. The van der Waals surface area contributed by atoms with E-state index >= 15 is 0 Å². The molecule has 1 amide bonds. The van der Waals surface area contributed by atoms with Gasteiger partial charge in [0.25, 0.3) is 5.91 Å². The van der Waals surface area contributed by atoms with Gasteiger partial charge in [-0.05, 0) is 25.3 Å². The van der Waals surface area contributed by atoms with Crippen molar-refractivity contribution in [1.82, 2.24) is 15.2 Å². The van der Waals surface area contributed by atoms with Crippen molar-refractivity contribution in [2.45, 2.75) is 38.0 Å². The number of pyridine rings is 1. The molecule has 0 bridgehead atoms. The maximum Gasteiger partial charge on any atom is 0.253 e. The first-order valence-electron chi connectivity index (χ1n) is 9.92. The second kappa shape index (κ2) is 9.87. The summed E-state index contributed by atoms with van der Waals surface area (Å²) in [5.74, 6) is 2.76. The molecule has 28 heavy (non-hydrogen) atoms. The lowest BCUT2D eigenvalue weighted by Crippen LogP contribution is -2.49. The monoisotopic (exact) mass is 386 g/mol. The highest BCUT2D eigenvalue weighted by Gasteiger charge is 2.37. The lowest BCUT2D eigenvalue weighted by atomic mass is 10.1. The van der Waals surface area contributed by atoms with Crippen LogP contribution in [0.25, 0.3) is 0 Å². The fourth-order valence-electron chi connectivity index (χ4n) is 3.42. The average molecular weight is 386 g/mol. The van der Waals surface area contributed by atoms with Crippen LogP contribution in [0.15, 0.2) is 12.3 Å². The average Bonchev–Trinajstić information content (AvgIpc) is 3.57. The largest absolute Gasteiger partial charge is 0.385 e. The number of hydrogen-bond donors (Lipinski definition) is 1. The number of ether oxygens (including phenoxy) is 2. The van der Waals surface area contributed by atoms with Gasteiger partial charge < -0.3 is 24.6 Å². The number of carbonyl (C=O) groups is 1. The van der Waals surface area contributed by atoms with Crippen LogP contribution in [0.5, 0.6) is 0 Å². The third-order valence-corrected chi connectivity index (χ3v) is 5.15. The van der Waals surface area contributed by atoms with E-state index in [0.717, 1.165) is 49.3 Å². The van der Waals surface area contributed by atoms with Gasteiger partial charge in [-0.2, -0.15) is 0 Å². The molecule has 1 N–H and O–H groups in total. The molecule has 0 aromatic carbocycles. The van der Waals surface area contributed by atoms with E-state index in [2.05, 4.69) is 21.1 Å². The van der Waals surface area contributed by atoms with Gasteiger partial charge in [-0.1, -0.05) is 5.92 Å². The van der Waals surface area contributed by atoms with E-state index in [9.17, 15) is 4.79 Å².